The summed E-state index contributed by atoms with van der Waals surface area (Å²) in [5.41, 5.74) is 1.38. The summed E-state index contributed by atoms with van der Waals surface area (Å²) in [6, 6.07) is 6.75. The second-order valence-corrected chi connectivity index (χ2v) is 12.2. The van der Waals surface area contributed by atoms with E-state index >= 15 is 0 Å². The molecule has 0 aliphatic carbocycles. The van der Waals surface area contributed by atoms with E-state index in [1.54, 1.807) is 25.3 Å². The molecule has 0 aliphatic rings. The van der Waals surface area contributed by atoms with Crippen LogP contribution in [0.5, 0.6) is 5.19 Å². The van der Waals surface area contributed by atoms with Gasteiger partial charge in [0.05, 0.1) is 24.7 Å². The number of aliphatic hydroxyl groups is 1. The van der Waals surface area contributed by atoms with Crippen molar-refractivity contribution >= 4 is 49.1 Å². The van der Waals surface area contributed by atoms with Crippen LogP contribution in [0.25, 0.3) is 10.3 Å². The predicted octanol–water partition coefficient (Wildman–Crippen LogP) is 4.17. The number of rotatable bonds is 10. The van der Waals surface area contributed by atoms with E-state index in [9.17, 15) is 13.5 Å². The van der Waals surface area contributed by atoms with Crippen molar-refractivity contribution in [2.75, 3.05) is 25.3 Å². The zero-order chi connectivity index (χ0) is 23.5. The third-order valence-corrected chi connectivity index (χ3v) is 7.89. The maximum atomic E-state index is 11.9. The Morgan fingerprint density at radius 1 is 1.22 bits per heavy atom. The zero-order valence-corrected chi connectivity index (χ0v) is 21.1. The monoisotopic (exact) mass is 496 g/mol. The van der Waals surface area contributed by atoms with Gasteiger partial charge in [-0.25, -0.2) is 18.4 Å². The molecule has 0 amide bonds. The summed E-state index contributed by atoms with van der Waals surface area (Å²) in [5.74, 6) is 1.01. The number of benzene rings is 1. The highest BCUT2D eigenvalue weighted by atomic mass is 32.2. The molecular formula is C21H28N4O4S3. The van der Waals surface area contributed by atoms with E-state index in [1.165, 1.54) is 29.4 Å². The fourth-order valence-electron chi connectivity index (χ4n) is 3.19. The van der Waals surface area contributed by atoms with Gasteiger partial charge in [-0.1, -0.05) is 49.1 Å². The number of hydrogen-bond acceptors (Lipinski definition) is 10. The first-order valence-corrected chi connectivity index (χ1v) is 13.8. The van der Waals surface area contributed by atoms with Gasteiger partial charge in [-0.2, -0.15) is 4.98 Å². The molecule has 174 valence electrons. The van der Waals surface area contributed by atoms with Gasteiger partial charge in [0.1, 0.15) is 4.70 Å². The topological polar surface area (TPSA) is 114 Å². The Bertz CT molecular complexity index is 1180. The molecule has 0 fully saturated rings. The molecule has 0 bridgehead atoms. The quantitative estimate of drug-likeness (QED) is 0.315. The number of nitrogens with zero attached hydrogens (tertiary/aromatic N) is 3. The molecule has 2 heterocycles. The van der Waals surface area contributed by atoms with Gasteiger partial charge >= 0.3 is 0 Å². The van der Waals surface area contributed by atoms with E-state index in [2.05, 4.69) is 29.1 Å². The van der Waals surface area contributed by atoms with Crippen LogP contribution >= 0.6 is 23.1 Å². The summed E-state index contributed by atoms with van der Waals surface area (Å²) in [7, 11) is -1.73. The van der Waals surface area contributed by atoms with Gasteiger partial charge in [-0.15, -0.1) is 0 Å². The Labute approximate surface area is 196 Å². The first-order valence-electron chi connectivity index (χ1n) is 10.2. The van der Waals surface area contributed by atoms with Crippen LogP contribution in [-0.2, 0) is 9.84 Å². The van der Waals surface area contributed by atoms with Crippen molar-refractivity contribution < 1.29 is 18.3 Å². The Balaban J connectivity index is 1.94. The average Bonchev–Trinajstić information content (AvgIpc) is 3.16. The molecule has 3 aromatic rings. The summed E-state index contributed by atoms with van der Waals surface area (Å²) < 4.78 is 29.9. The van der Waals surface area contributed by atoms with Crippen molar-refractivity contribution in [3.8, 4) is 5.19 Å². The van der Waals surface area contributed by atoms with Gasteiger partial charge in [0.2, 0.25) is 0 Å². The number of aliphatic hydroxyl groups excluding tert-OH is 1. The fraction of sp³-hybridized carbons (Fsp3) is 0.476. The molecule has 2 aromatic heterocycles. The maximum Gasteiger partial charge on any atom is 0.275 e. The van der Waals surface area contributed by atoms with Crippen LogP contribution in [0.4, 0.5) is 5.82 Å². The molecule has 0 saturated carbocycles. The van der Waals surface area contributed by atoms with Crippen molar-refractivity contribution in [3.05, 3.63) is 29.8 Å². The second-order valence-electron chi connectivity index (χ2n) is 7.95. The number of fused-ring (bicyclic) bond motifs is 1. The zero-order valence-electron chi connectivity index (χ0n) is 18.7. The number of aromatic nitrogens is 3. The van der Waals surface area contributed by atoms with Gasteiger partial charge in [0.15, 0.2) is 26.5 Å². The van der Waals surface area contributed by atoms with Crippen LogP contribution in [0, 0.1) is 5.92 Å². The molecular weight excluding hydrogens is 468 g/mol. The minimum atomic E-state index is -3.29. The number of sulfone groups is 1. The summed E-state index contributed by atoms with van der Waals surface area (Å²) in [4.78, 5) is 14.0. The van der Waals surface area contributed by atoms with E-state index in [4.69, 9.17) is 9.72 Å². The highest BCUT2D eigenvalue weighted by Crippen LogP contribution is 2.38. The average molecular weight is 497 g/mol. The molecule has 0 spiro atoms. The van der Waals surface area contributed by atoms with Crippen molar-refractivity contribution in [3.63, 3.8) is 0 Å². The van der Waals surface area contributed by atoms with Crippen LogP contribution in [0.2, 0.25) is 0 Å². The van der Waals surface area contributed by atoms with Gasteiger partial charge in [-0.05, 0) is 37.0 Å². The van der Waals surface area contributed by atoms with Gasteiger partial charge < -0.3 is 15.2 Å². The summed E-state index contributed by atoms with van der Waals surface area (Å²) >= 11 is 2.76. The lowest BCUT2D eigenvalue weighted by atomic mass is 10.0. The summed E-state index contributed by atoms with van der Waals surface area (Å²) in [5, 5.41) is 14.1. The molecule has 2 atom stereocenters. The number of anilines is 1. The van der Waals surface area contributed by atoms with Crippen molar-refractivity contribution in [1.29, 1.82) is 0 Å². The van der Waals surface area contributed by atoms with Gasteiger partial charge in [-0.3, -0.25) is 0 Å². The first kappa shape index (κ1) is 24.7. The SMILES string of the molecule is COc1nc2nc(S[C@H](C)c3cccc(S(C)(=O)=O)c3)nc(NC(CO)CC(C)C)c2s1. The van der Waals surface area contributed by atoms with E-state index in [0.717, 1.165) is 16.7 Å². The summed E-state index contributed by atoms with van der Waals surface area (Å²) in [6.07, 6.45) is 1.98. The minimum Gasteiger partial charge on any atom is -0.473 e. The Morgan fingerprint density at radius 3 is 2.59 bits per heavy atom. The molecule has 32 heavy (non-hydrogen) atoms. The van der Waals surface area contributed by atoms with E-state index in [-0.39, 0.29) is 22.8 Å². The highest BCUT2D eigenvalue weighted by Gasteiger charge is 2.20. The largest absolute Gasteiger partial charge is 0.473 e. The predicted molar refractivity (Wildman–Crippen MR) is 130 cm³/mol. The Kier molecular flexibility index (Phi) is 7.97. The lowest BCUT2D eigenvalue weighted by molar-refractivity contribution is 0.259. The van der Waals surface area contributed by atoms with E-state index < -0.39 is 9.84 Å². The van der Waals surface area contributed by atoms with Crippen molar-refractivity contribution in [2.24, 2.45) is 5.92 Å². The second kappa shape index (κ2) is 10.3. The minimum absolute atomic E-state index is 0.0171. The van der Waals surface area contributed by atoms with E-state index in [1.807, 2.05) is 13.0 Å². The molecule has 0 saturated heterocycles. The molecule has 0 radical (unpaired) electrons. The van der Waals surface area contributed by atoms with Crippen LogP contribution in [0.15, 0.2) is 34.3 Å². The van der Waals surface area contributed by atoms with Crippen LogP contribution < -0.4 is 10.1 Å². The van der Waals surface area contributed by atoms with Gasteiger partial charge in [0, 0.05) is 11.5 Å². The van der Waals surface area contributed by atoms with Crippen LogP contribution in [0.3, 0.4) is 0 Å². The normalized spacial score (nSPS) is 14.0. The van der Waals surface area contributed by atoms with Crippen LogP contribution in [0.1, 0.15) is 38.0 Å². The lowest BCUT2D eigenvalue weighted by Gasteiger charge is -2.19. The van der Waals surface area contributed by atoms with E-state index in [0.29, 0.717) is 27.7 Å². The highest BCUT2D eigenvalue weighted by molar-refractivity contribution is 7.99. The number of methoxy groups -OCH3 is 1. The molecule has 1 unspecified atom stereocenters. The Hall–Kier alpha value is -1.95. The smallest absolute Gasteiger partial charge is 0.275 e. The maximum absolute atomic E-state index is 11.9. The lowest BCUT2D eigenvalue weighted by Crippen LogP contribution is -2.26. The molecule has 1 aromatic carbocycles. The molecule has 2 N–H and O–H groups in total. The fourth-order valence-corrected chi connectivity index (χ4v) is 5.52. The van der Waals surface area contributed by atoms with Crippen molar-refractivity contribution in [2.45, 2.75) is 48.5 Å². The number of nitrogens with one attached hydrogen (secondary N) is 1. The number of hydrogen-bond donors (Lipinski definition) is 2. The standard InChI is InChI=1S/C21H28N4O4S3/c1-12(2)9-15(11-26)22-18-17-19(25-21(29-4)31-17)24-20(23-18)30-13(3)14-7-6-8-16(10-14)32(5,27)28/h6-8,10,12-13,15,26H,9,11H2,1-5H3,(H,22,23,24)/t13-,15?/m1/s1. The number of ether oxygens (including phenoxy) is 1. The van der Waals surface area contributed by atoms with Crippen LogP contribution in [-0.4, -0.2) is 54.5 Å². The number of thioether (sulfide) groups is 1. The third-order valence-electron chi connectivity index (χ3n) is 4.74. The first-order chi connectivity index (χ1) is 15.1. The third kappa shape index (κ3) is 6.09. The number of thiazole rings is 1. The molecule has 8 nitrogen and oxygen atoms in total. The molecule has 3 rings (SSSR count). The van der Waals surface area contributed by atoms with Gasteiger partial charge in [0.25, 0.3) is 5.19 Å². The summed E-state index contributed by atoms with van der Waals surface area (Å²) in [6.45, 7) is 6.16. The molecule has 11 heteroatoms. The van der Waals surface area contributed by atoms with Crippen molar-refractivity contribution in [1.82, 2.24) is 15.0 Å². The Morgan fingerprint density at radius 2 is 1.97 bits per heavy atom. The molecule has 0 aliphatic heterocycles.